The summed E-state index contributed by atoms with van der Waals surface area (Å²) < 4.78 is 6.13. The minimum Gasteiger partial charge on any atom is -0.388 e. The molecule has 0 aliphatic heterocycles. The molecular weight excluding hydrogens is 256 g/mol. The van der Waals surface area contributed by atoms with Gasteiger partial charge in [0.05, 0.1) is 12.7 Å². The van der Waals surface area contributed by atoms with E-state index >= 15 is 0 Å². The van der Waals surface area contributed by atoms with Crippen molar-refractivity contribution in [1.29, 1.82) is 0 Å². The predicted molar refractivity (Wildman–Crippen MR) is 62.8 cm³/mol. The number of aryl methyl sites for hydroxylation is 1. The fourth-order valence-electron chi connectivity index (χ4n) is 2.20. The van der Waals surface area contributed by atoms with Crippen molar-refractivity contribution >= 4 is 15.9 Å². The van der Waals surface area contributed by atoms with Crippen LogP contribution in [0.5, 0.6) is 0 Å². The van der Waals surface area contributed by atoms with Crippen molar-refractivity contribution in [3.63, 3.8) is 0 Å². The number of rotatable bonds is 2. The minimum atomic E-state index is -0.306. The van der Waals surface area contributed by atoms with E-state index in [4.69, 9.17) is 4.74 Å². The molecule has 1 N–H and O–H groups in total. The Morgan fingerprint density at radius 2 is 2.33 bits per heavy atom. The number of aliphatic hydroxyl groups is 1. The molecule has 1 atom stereocenters. The molecule has 1 aliphatic rings. The molecule has 82 valence electrons. The molecule has 2 rings (SSSR count). The molecule has 0 saturated heterocycles. The second-order valence-corrected chi connectivity index (χ2v) is 4.85. The van der Waals surface area contributed by atoms with Gasteiger partial charge in [-0.1, -0.05) is 22.0 Å². The SMILES string of the molecule is COCc1cc(Br)c2c(c1)CCC[C@@H]2O. The highest BCUT2D eigenvalue weighted by Gasteiger charge is 2.21. The van der Waals surface area contributed by atoms with Gasteiger partial charge >= 0.3 is 0 Å². The molecule has 0 spiro atoms. The monoisotopic (exact) mass is 270 g/mol. The molecular formula is C12H15BrO2. The molecule has 0 heterocycles. The van der Waals surface area contributed by atoms with E-state index < -0.39 is 0 Å². The van der Waals surface area contributed by atoms with Crippen LogP contribution in [0.15, 0.2) is 16.6 Å². The summed E-state index contributed by atoms with van der Waals surface area (Å²) in [6, 6.07) is 4.18. The van der Waals surface area contributed by atoms with Crippen molar-refractivity contribution in [1.82, 2.24) is 0 Å². The average molecular weight is 271 g/mol. The van der Waals surface area contributed by atoms with Crippen molar-refractivity contribution in [3.8, 4) is 0 Å². The molecule has 1 aliphatic carbocycles. The van der Waals surface area contributed by atoms with E-state index in [1.165, 1.54) is 5.56 Å². The molecule has 0 amide bonds. The lowest BCUT2D eigenvalue weighted by Gasteiger charge is -2.23. The van der Waals surface area contributed by atoms with Crippen LogP contribution >= 0.6 is 15.9 Å². The van der Waals surface area contributed by atoms with Crippen molar-refractivity contribution in [2.24, 2.45) is 0 Å². The minimum absolute atomic E-state index is 0.306. The number of halogens is 1. The van der Waals surface area contributed by atoms with Crippen LogP contribution < -0.4 is 0 Å². The zero-order valence-corrected chi connectivity index (χ0v) is 10.4. The third-order valence-corrected chi connectivity index (χ3v) is 3.50. The number of aliphatic hydroxyl groups excluding tert-OH is 1. The number of ether oxygens (including phenoxy) is 1. The molecule has 0 radical (unpaired) electrons. The Bertz CT molecular complexity index is 363. The van der Waals surface area contributed by atoms with Crippen molar-refractivity contribution in [3.05, 3.63) is 33.3 Å². The van der Waals surface area contributed by atoms with Crippen LogP contribution in [-0.4, -0.2) is 12.2 Å². The first-order valence-corrected chi connectivity index (χ1v) is 6.00. The van der Waals surface area contributed by atoms with Crippen molar-refractivity contribution in [2.45, 2.75) is 32.0 Å². The number of hydrogen-bond acceptors (Lipinski definition) is 2. The summed E-state index contributed by atoms with van der Waals surface area (Å²) >= 11 is 3.53. The molecule has 1 aromatic carbocycles. The highest BCUT2D eigenvalue weighted by Crippen LogP contribution is 2.36. The van der Waals surface area contributed by atoms with E-state index in [1.807, 2.05) is 6.07 Å². The Morgan fingerprint density at radius 1 is 1.53 bits per heavy atom. The van der Waals surface area contributed by atoms with Gasteiger partial charge in [0, 0.05) is 11.6 Å². The molecule has 0 bridgehead atoms. The van der Waals surface area contributed by atoms with E-state index in [2.05, 4.69) is 22.0 Å². The lowest BCUT2D eigenvalue weighted by Crippen LogP contribution is -2.10. The summed E-state index contributed by atoms with van der Waals surface area (Å²) in [5, 5.41) is 9.90. The normalized spacial score (nSPS) is 20.1. The topological polar surface area (TPSA) is 29.5 Å². The average Bonchev–Trinajstić information content (AvgIpc) is 2.17. The van der Waals surface area contributed by atoms with Gasteiger partial charge in [0.25, 0.3) is 0 Å². The third kappa shape index (κ3) is 2.25. The third-order valence-electron chi connectivity index (χ3n) is 2.84. The summed E-state index contributed by atoms with van der Waals surface area (Å²) in [6.45, 7) is 0.627. The summed E-state index contributed by atoms with van der Waals surface area (Å²) in [6.07, 6.45) is 2.69. The van der Waals surface area contributed by atoms with E-state index in [0.717, 1.165) is 34.9 Å². The van der Waals surface area contributed by atoms with E-state index in [0.29, 0.717) is 6.61 Å². The smallest absolute Gasteiger partial charge is 0.0803 e. The van der Waals surface area contributed by atoms with Gasteiger partial charge in [-0.15, -0.1) is 0 Å². The second-order valence-electron chi connectivity index (χ2n) is 3.99. The van der Waals surface area contributed by atoms with Gasteiger partial charge in [0.15, 0.2) is 0 Å². The molecule has 15 heavy (non-hydrogen) atoms. The fraction of sp³-hybridized carbons (Fsp3) is 0.500. The van der Waals surface area contributed by atoms with Gasteiger partial charge in [0.1, 0.15) is 0 Å². The Hall–Kier alpha value is -0.380. The number of hydrogen-bond donors (Lipinski definition) is 1. The Balaban J connectivity index is 2.41. The molecule has 0 aromatic heterocycles. The first-order chi connectivity index (χ1) is 7.22. The van der Waals surface area contributed by atoms with Gasteiger partial charge in [0.2, 0.25) is 0 Å². The number of fused-ring (bicyclic) bond motifs is 1. The Kier molecular flexibility index (Phi) is 3.44. The molecule has 0 unspecified atom stereocenters. The van der Waals surface area contributed by atoms with Crippen LogP contribution in [0.3, 0.4) is 0 Å². The van der Waals surface area contributed by atoms with Gasteiger partial charge in [-0.2, -0.15) is 0 Å². The summed E-state index contributed by atoms with van der Waals surface area (Å²) in [4.78, 5) is 0. The first-order valence-electron chi connectivity index (χ1n) is 5.20. The van der Waals surface area contributed by atoms with Crippen molar-refractivity contribution < 1.29 is 9.84 Å². The van der Waals surface area contributed by atoms with Gasteiger partial charge in [-0.3, -0.25) is 0 Å². The van der Waals surface area contributed by atoms with Crippen LogP contribution in [-0.2, 0) is 17.8 Å². The fourth-order valence-corrected chi connectivity index (χ4v) is 3.01. The molecule has 1 aromatic rings. The Morgan fingerprint density at radius 3 is 3.07 bits per heavy atom. The van der Waals surface area contributed by atoms with E-state index in [9.17, 15) is 5.11 Å². The van der Waals surface area contributed by atoms with Crippen LogP contribution in [0.25, 0.3) is 0 Å². The maximum Gasteiger partial charge on any atom is 0.0803 e. The number of methoxy groups -OCH3 is 1. The van der Waals surface area contributed by atoms with Crippen LogP contribution in [0, 0.1) is 0 Å². The molecule has 3 heteroatoms. The second kappa shape index (κ2) is 4.64. The maximum atomic E-state index is 9.90. The van der Waals surface area contributed by atoms with Gasteiger partial charge in [-0.05, 0) is 42.0 Å². The van der Waals surface area contributed by atoms with Crippen LogP contribution in [0.2, 0.25) is 0 Å². The van der Waals surface area contributed by atoms with Crippen molar-refractivity contribution in [2.75, 3.05) is 7.11 Å². The standard InChI is InChI=1S/C12H15BrO2/c1-15-7-8-5-9-3-2-4-11(14)12(9)10(13)6-8/h5-6,11,14H,2-4,7H2,1H3/t11-/m0/s1. The zero-order valence-electron chi connectivity index (χ0n) is 8.79. The van der Waals surface area contributed by atoms with E-state index in [-0.39, 0.29) is 6.10 Å². The maximum absolute atomic E-state index is 9.90. The van der Waals surface area contributed by atoms with Gasteiger partial charge < -0.3 is 9.84 Å². The summed E-state index contributed by atoms with van der Waals surface area (Å²) in [7, 11) is 1.70. The zero-order chi connectivity index (χ0) is 10.8. The van der Waals surface area contributed by atoms with Crippen LogP contribution in [0.4, 0.5) is 0 Å². The highest BCUT2D eigenvalue weighted by atomic mass is 79.9. The summed E-state index contributed by atoms with van der Waals surface area (Å²) in [5.74, 6) is 0. The summed E-state index contributed by atoms with van der Waals surface area (Å²) in [5.41, 5.74) is 3.49. The first kappa shape index (κ1) is 11.1. The molecule has 0 saturated carbocycles. The Labute approximate surface area is 98.4 Å². The molecule has 0 fully saturated rings. The largest absolute Gasteiger partial charge is 0.388 e. The van der Waals surface area contributed by atoms with Gasteiger partial charge in [-0.25, -0.2) is 0 Å². The number of benzene rings is 1. The van der Waals surface area contributed by atoms with Crippen LogP contribution in [0.1, 0.15) is 35.6 Å². The highest BCUT2D eigenvalue weighted by molar-refractivity contribution is 9.10. The lowest BCUT2D eigenvalue weighted by molar-refractivity contribution is 0.155. The predicted octanol–water partition coefficient (Wildman–Crippen LogP) is 2.97. The van der Waals surface area contributed by atoms with E-state index in [1.54, 1.807) is 7.11 Å². The quantitative estimate of drug-likeness (QED) is 0.896. The lowest BCUT2D eigenvalue weighted by atomic mass is 9.88. The molecule has 2 nitrogen and oxygen atoms in total.